The van der Waals surface area contributed by atoms with E-state index in [1.807, 2.05) is 33.8 Å². The minimum absolute atomic E-state index is 0.0416. The number of nitrogens with one attached hydrogen (secondary N) is 1. The van der Waals surface area contributed by atoms with E-state index in [1.54, 1.807) is 48.5 Å². The highest BCUT2D eigenvalue weighted by molar-refractivity contribution is 7.92. The zero-order valence-electron chi connectivity index (χ0n) is 23.2. The third-order valence-electron chi connectivity index (χ3n) is 6.66. The number of anilines is 1. The van der Waals surface area contributed by atoms with Gasteiger partial charge >= 0.3 is 0 Å². The van der Waals surface area contributed by atoms with Crippen LogP contribution < -0.4 is 9.62 Å². The first-order chi connectivity index (χ1) is 19.0. The van der Waals surface area contributed by atoms with E-state index in [2.05, 4.69) is 5.32 Å². The van der Waals surface area contributed by atoms with Crippen molar-refractivity contribution in [2.24, 2.45) is 0 Å². The van der Waals surface area contributed by atoms with E-state index >= 15 is 0 Å². The molecule has 0 aliphatic carbocycles. The minimum atomic E-state index is -4.12. The monoisotopic (exact) mass is 603 g/mol. The van der Waals surface area contributed by atoms with Crippen molar-refractivity contribution in [2.45, 2.75) is 58.0 Å². The highest BCUT2D eigenvalue weighted by atomic mass is 35.5. The second-order valence-electron chi connectivity index (χ2n) is 9.58. The molecule has 3 rings (SSSR count). The highest BCUT2D eigenvalue weighted by Gasteiger charge is 2.33. The summed E-state index contributed by atoms with van der Waals surface area (Å²) in [4.78, 5) is 28.7. The molecule has 1 N–H and O–H groups in total. The maximum absolute atomic E-state index is 14.1. The van der Waals surface area contributed by atoms with Crippen LogP contribution in [0.4, 0.5) is 5.69 Å². The minimum Gasteiger partial charge on any atom is -0.354 e. The van der Waals surface area contributed by atoms with Crippen LogP contribution in [0.25, 0.3) is 0 Å². The molecular weight excluding hydrogens is 569 g/mol. The fourth-order valence-electron chi connectivity index (χ4n) is 4.25. The van der Waals surface area contributed by atoms with Crippen molar-refractivity contribution in [3.8, 4) is 0 Å². The van der Waals surface area contributed by atoms with Gasteiger partial charge in [-0.15, -0.1) is 0 Å². The maximum Gasteiger partial charge on any atom is 0.264 e. The number of benzene rings is 3. The maximum atomic E-state index is 14.1. The second kappa shape index (κ2) is 14.0. The lowest BCUT2D eigenvalue weighted by Crippen LogP contribution is -2.52. The van der Waals surface area contributed by atoms with Crippen LogP contribution in [0.1, 0.15) is 43.4 Å². The Kier molecular flexibility index (Phi) is 11.0. The number of amides is 2. The average Bonchev–Trinajstić information content (AvgIpc) is 2.94. The highest BCUT2D eigenvalue weighted by Crippen LogP contribution is 2.28. The van der Waals surface area contributed by atoms with Crippen LogP contribution in [0.2, 0.25) is 10.0 Å². The second-order valence-corrected chi connectivity index (χ2v) is 12.3. The van der Waals surface area contributed by atoms with Crippen LogP contribution in [0.3, 0.4) is 0 Å². The van der Waals surface area contributed by atoms with Crippen molar-refractivity contribution in [1.29, 1.82) is 0 Å². The number of hydrogen-bond donors (Lipinski definition) is 1. The molecule has 0 fully saturated rings. The van der Waals surface area contributed by atoms with Crippen LogP contribution in [-0.4, -0.2) is 44.3 Å². The van der Waals surface area contributed by atoms with Crippen LogP contribution in [0, 0.1) is 13.8 Å². The summed E-state index contributed by atoms with van der Waals surface area (Å²) in [5.41, 5.74) is 2.90. The molecule has 2 amide bonds. The molecule has 7 nitrogen and oxygen atoms in total. The van der Waals surface area contributed by atoms with Gasteiger partial charge in [0.2, 0.25) is 11.8 Å². The van der Waals surface area contributed by atoms with Crippen molar-refractivity contribution in [1.82, 2.24) is 10.2 Å². The van der Waals surface area contributed by atoms with Crippen molar-refractivity contribution < 1.29 is 18.0 Å². The summed E-state index contributed by atoms with van der Waals surface area (Å²) in [7, 11) is -4.12. The van der Waals surface area contributed by atoms with E-state index in [0.717, 1.165) is 21.9 Å². The molecule has 0 heterocycles. The van der Waals surface area contributed by atoms with Crippen LogP contribution in [-0.2, 0) is 26.2 Å². The Balaban J connectivity index is 2.08. The molecule has 0 saturated heterocycles. The normalized spacial score (nSPS) is 12.1. The molecule has 0 aromatic heterocycles. The van der Waals surface area contributed by atoms with Gasteiger partial charge in [0.05, 0.1) is 20.6 Å². The van der Waals surface area contributed by atoms with Crippen molar-refractivity contribution in [3.05, 3.63) is 93.5 Å². The Hall–Kier alpha value is -3.07. The summed E-state index contributed by atoms with van der Waals surface area (Å²) < 4.78 is 28.9. The summed E-state index contributed by atoms with van der Waals surface area (Å²) in [6.07, 6.45) is 1.07. The average molecular weight is 605 g/mol. The fourth-order valence-corrected chi connectivity index (χ4v) is 6.00. The Bertz CT molecular complexity index is 1450. The van der Waals surface area contributed by atoms with Gasteiger partial charge in [0.1, 0.15) is 12.6 Å². The van der Waals surface area contributed by atoms with Crippen molar-refractivity contribution in [3.63, 3.8) is 0 Å². The summed E-state index contributed by atoms with van der Waals surface area (Å²) in [6.45, 7) is 7.57. The van der Waals surface area contributed by atoms with Crippen LogP contribution >= 0.6 is 23.2 Å². The molecule has 0 unspecified atom stereocenters. The van der Waals surface area contributed by atoms with Crippen molar-refractivity contribution in [2.75, 3.05) is 17.4 Å². The van der Waals surface area contributed by atoms with Gasteiger partial charge in [-0.25, -0.2) is 8.42 Å². The smallest absolute Gasteiger partial charge is 0.264 e. The van der Waals surface area contributed by atoms with Gasteiger partial charge in [-0.1, -0.05) is 67.4 Å². The Morgan fingerprint density at radius 1 is 0.900 bits per heavy atom. The quantitative estimate of drug-likeness (QED) is 0.269. The molecule has 10 heteroatoms. The third kappa shape index (κ3) is 7.56. The molecule has 0 aliphatic heterocycles. The summed E-state index contributed by atoms with van der Waals surface area (Å²) in [5, 5.41) is 3.55. The molecule has 0 bridgehead atoms. The van der Waals surface area contributed by atoms with E-state index in [9.17, 15) is 18.0 Å². The zero-order chi connectivity index (χ0) is 29.4. The Morgan fingerprint density at radius 3 is 2.20 bits per heavy atom. The molecule has 0 spiro atoms. The van der Waals surface area contributed by atoms with E-state index in [-0.39, 0.29) is 17.3 Å². The number of carbonyl (C=O) groups excluding carboxylic acids is 2. The number of nitrogens with zero attached hydrogens (tertiary/aromatic N) is 2. The van der Waals surface area contributed by atoms with Crippen molar-refractivity contribution >= 4 is 50.7 Å². The first-order valence-electron chi connectivity index (χ1n) is 13.2. The predicted molar refractivity (Wildman–Crippen MR) is 161 cm³/mol. The van der Waals surface area contributed by atoms with Crippen LogP contribution in [0.5, 0.6) is 0 Å². The lowest BCUT2D eigenvalue weighted by molar-refractivity contribution is -0.140. The molecule has 0 radical (unpaired) electrons. The zero-order valence-corrected chi connectivity index (χ0v) is 25.5. The number of rotatable bonds is 12. The van der Waals surface area contributed by atoms with Gasteiger partial charge in [-0.05, 0) is 79.8 Å². The largest absolute Gasteiger partial charge is 0.354 e. The Labute approximate surface area is 247 Å². The number of sulfonamides is 1. The summed E-state index contributed by atoms with van der Waals surface area (Å²) in [5.74, 6) is -0.830. The molecule has 3 aromatic carbocycles. The van der Waals surface area contributed by atoms with Gasteiger partial charge in [0, 0.05) is 13.1 Å². The lowest BCUT2D eigenvalue weighted by atomic mass is 10.1. The molecule has 40 heavy (non-hydrogen) atoms. The predicted octanol–water partition coefficient (Wildman–Crippen LogP) is 6.14. The first kappa shape index (κ1) is 31.5. The van der Waals surface area contributed by atoms with E-state index < -0.39 is 28.5 Å². The first-order valence-corrected chi connectivity index (χ1v) is 15.3. The number of carbonyl (C=O) groups is 2. The number of hydrogen-bond acceptors (Lipinski definition) is 4. The Morgan fingerprint density at radius 2 is 1.60 bits per heavy atom. The van der Waals surface area contributed by atoms with Gasteiger partial charge in [-0.3, -0.25) is 13.9 Å². The molecule has 214 valence electrons. The van der Waals surface area contributed by atoms with Crippen LogP contribution in [0.15, 0.2) is 71.6 Å². The lowest BCUT2D eigenvalue weighted by Gasteiger charge is -2.33. The molecule has 1 atom stereocenters. The van der Waals surface area contributed by atoms with E-state index in [4.69, 9.17) is 23.2 Å². The number of halogens is 2. The molecule has 3 aromatic rings. The topological polar surface area (TPSA) is 86.8 Å². The summed E-state index contributed by atoms with van der Waals surface area (Å²) >= 11 is 12.3. The van der Waals surface area contributed by atoms with Gasteiger partial charge in [0.25, 0.3) is 10.0 Å². The fraction of sp³-hybridized carbons (Fsp3) is 0.333. The van der Waals surface area contributed by atoms with Gasteiger partial charge in [0.15, 0.2) is 0 Å². The third-order valence-corrected chi connectivity index (χ3v) is 9.19. The van der Waals surface area contributed by atoms with E-state index in [0.29, 0.717) is 34.3 Å². The van der Waals surface area contributed by atoms with E-state index in [1.165, 1.54) is 17.0 Å². The standard InChI is InChI=1S/C30H35Cl2N3O4S/c1-5-16-33-30(37)28(6-2)34(19-23-13-15-26(31)27(32)18-23)29(36)20-35(24-14-12-21(3)22(4)17-24)40(38,39)25-10-8-7-9-11-25/h7-15,17-18,28H,5-6,16,19-20H2,1-4H3,(H,33,37)/t28-/m1/s1. The van der Waals surface area contributed by atoms with Gasteiger partial charge < -0.3 is 10.2 Å². The SMILES string of the molecule is CCCNC(=O)[C@@H](CC)N(Cc1ccc(Cl)c(Cl)c1)C(=O)CN(c1ccc(C)c(C)c1)S(=O)(=O)c1ccccc1. The van der Waals surface area contributed by atoms with Gasteiger partial charge in [-0.2, -0.15) is 0 Å². The number of aryl methyl sites for hydroxylation is 2. The molecule has 0 saturated carbocycles. The summed E-state index contributed by atoms with van der Waals surface area (Å²) in [6, 6.07) is 17.4. The molecule has 0 aliphatic rings. The molecular formula is C30H35Cl2N3O4S.